The summed E-state index contributed by atoms with van der Waals surface area (Å²) in [4.78, 5) is 17.3. The van der Waals surface area contributed by atoms with Crippen LogP contribution in [-0.4, -0.2) is 57.5 Å². The molecule has 0 aliphatic heterocycles. The van der Waals surface area contributed by atoms with E-state index < -0.39 is 0 Å². The summed E-state index contributed by atoms with van der Waals surface area (Å²) in [6, 6.07) is 3.59. The molecule has 0 spiro atoms. The predicted molar refractivity (Wildman–Crippen MR) is 112 cm³/mol. The molecule has 4 heterocycles. The Hall–Kier alpha value is -3.34. The predicted octanol–water partition coefficient (Wildman–Crippen LogP) is 2.42. The normalized spacial score (nSPS) is 11.2. The number of aromatic nitrogens is 5. The van der Waals surface area contributed by atoms with E-state index in [2.05, 4.69) is 27.4 Å². The highest BCUT2D eigenvalue weighted by Gasteiger charge is 2.16. The lowest BCUT2D eigenvalue weighted by Gasteiger charge is -2.10. The quantitative estimate of drug-likeness (QED) is 0.407. The van der Waals surface area contributed by atoms with Gasteiger partial charge in [-0.25, -0.2) is 14.0 Å². The lowest BCUT2D eigenvalue weighted by atomic mass is 10.3. The summed E-state index contributed by atoms with van der Waals surface area (Å²) in [5, 5.41) is 12.2. The Morgan fingerprint density at radius 2 is 2.00 bits per heavy atom. The molecule has 0 atom stereocenters. The molecule has 0 saturated carbocycles. The Morgan fingerprint density at radius 1 is 1.13 bits per heavy atom. The van der Waals surface area contributed by atoms with Crippen LogP contribution in [0.15, 0.2) is 24.5 Å². The molecule has 0 bridgehead atoms. The first-order chi connectivity index (χ1) is 14.6. The van der Waals surface area contributed by atoms with E-state index in [1.165, 1.54) is 11.3 Å². The van der Waals surface area contributed by atoms with Crippen molar-refractivity contribution in [1.29, 1.82) is 0 Å². The van der Waals surface area contributed by atoms with Gasteiger partial charge in [0.2, 0.25) is 4.96 Å². The SMILES string of the molecule is CCCCNC(=O)COc1cc(OC)cn2nc(-c3cn4nc(OC)sc4n3)cc12. The fourth-order valence-electron chi connectivity index (χ4n) is 2.88. The van der Waals surface area contributed by atoms with Crippen molar-refractivity contribution < 1.29 is 19.0 Å². The number of fused-ring (bicyclic) bond motifs is 2. The van der Waals surface area contributed by atoms with Crippen molar-refractivity contribution >= 4 is 27.7 Å². The number of ether oxygens (including phenoxy) is 3. The number of methoxy groups -OCH3 is 2. The van der Waals surface area contributed by atoms with Crippen molar-refractivity contribution in [3.05, 3.63) is 24.5 Å². The van der Waals surface area contributed by atoms with Gasteiger partial charge in [0.1, 0.15) is 28.4 Å². The summed E-state index contributed by atoms with van der Waals surface area (Å²) >= 11 is 1.34. The zero-order valence-corrected chi connectivity index (χ0v) is 17.7. The van der Waals surface area contributed by atoms with Crippen molar-refractivity contribution in [1.82, 2.24) is 29.5 Å². The van der Waals surface area contributed by atoms with Crippen molar-refractivity contribution in [2.75, 3.05) is 27.4 Å². The number of hydrogen-bond donors (Lipinski definition) is 1. The minimum Gasteiger partial charge on any atom is -0.495 e. The van der Waals surface area contributed by atoms with Gasteiger partial charge in [-0.3, -0.25) is 4.79 Å². The van der Waals surface area contributed by atoms with Crippen molar-refractivity contribution in [3.8, 4) is 28.1 Å². The smallest absolute Gasteiger partial charge is 0.294 e. The number of hydrogen-bond acceptors (Lipinski definition) is 8. The standard InChI is InChI=1S/C19H22N6O4S/c1-4-5-6-20-17(26)11-29-16-7-12(27-2)9-24-15(16)8-13(22-24)14-10-25-18(21-14)30-19(23-25)28-3/h7-10H,4-6,11H2,1-3H3,(H,20,26). The van der Waals surface area contributed by atoms with E-state index in [1.807, 2.05) is 6.07 Å². The molecule has 1 N–H and O–H groups in total. The zero-order chi connectivity index (χ0) is 21.1. The number of unbranched alkanes of at least 4 members (excludes halogenated alkanes) is 1. The molecule has 158 valence electrons. The first kappa shape index (κ1) is 20.0. The van der Waals surface area contributed by atoms with E-state index in [0.29, 0.717) is 45.1 Å². The highest BCUT2D eigenvalue weighted by molar-refractivity contribution is 7.18. The summed E-state index contributed by atoms with van der Waals surface area (Å²) in [5.41, 5.74) is 2.02. The van der Waals surface area contributed by atoms with Gasteiger partial charge < -0.3 is 19.5 Å². The molecule has 0 aliphatic carbocycles. The van der Waals surface area contributed by atoms with Gasteiger partial charge in [-0.1, -0.05) is 13.3 Å². The maximum absolute atomic E-state index is 12.0. The number of nitrogens with zero attached hydrogens (tertiary/aromatic N) is 5. The fourth-order valence-corrected chi connectivity index (χ4v) is 3.58. The summed E-state index contributed by atoms with van der Waals surface area (Å²) in [7, 11) is 3.13. The summed E-state index contributed by atoms with van der Waals surface area (Å²) in [6.07, 6.45) is 5.48. The highest BCUT2D eigenvalue weighted by Crippen LogP contribution is 2.30. The van der Waals surface area contributed by atoms with Gasteiger partial charge in [-0.05, 0) is 23.8 Å². The first-order valence-electron chi connectivity index (χ1n) is 9.48. The minimum atomic E-state index is -0.168. The van der Waals surface area contributed by atoms with Crippen molar-refractivity contribution in [3.63, 3.8) is 0 Å². The topological polar surface area (TPSA) is 104 Å². The molecule has 1 amide bonds. The Morgan fingerprint density at radius 3 is 2.73 bits per heavy atom. The van der Waals surface area contributed by atoms with E-state index in [0.717, 1.165) is 12.8 Å². The van der Waals surface area contributed by atoms with Crippen LogP contribution in [0.2, 0.25) is 0 Å². The van der Waals surface area contributed by atoms with E-state index >= 15 is 0 Å². The lowest BCUT2D eigenvalue weighted by Crippen LogP contribution is -2.29. The second kappa shape index (κ2) is 8.57. The van der Waals surface area contributed by atoms with Gasteiger partial charge >= 0.3 is 0 Å². The average Bonchev–Trinajstić information content (AvgIpc) is 3.44. The molecular formula is C19H22N6O4S. The van der Waals surface area contributed by atoms with Crippen LogP contribution in [0.1, 0.15) is 19.8 Å². The number of amides is 1. The third-order valence-corrected chi connectivity index (χ3v) is 5.30. The van der Waals surface area contributed by atoms with E-state index in [1.54, 1.807) is 41.7 Å². The molecule has 0 radical (unpaired) electrons. The molecule has 0 unspecified atom stereocenters. The molecule has 0 saturated heterocycles. The second-order valence-corrected chi connectivity index (χ2v) is 7.44. The van der Waals surface area contributed by atoms with Crippen LogP contribution in [0.5, 0.6) is 16.7 Å². The average molecular weight is 430 g/mol. The van der Waals surface area contributed by atoms with Crippen LogP contribution >= 0.6 is 11.3 Å². The highest BCUT2D eigenvalue weighted by atomic mass is 32.1. The Kier molecular flexibility index (Phi) is 5.70. The molecule has 0 aliphatic rings. The summed E-state index contributed by atoms with van der Waals surface area (Å²) in [5.74, 6) is 0.897. The monoisotopic (exact) mass is 430 g/mol. The maximum Gasteiger partial charge on any atom is 0.294 e. The van der Waals surface area contributed by atoms with Crippen molar-refractivity contribution in [2.45, 2.75) is 19.8 Å². The first-order valence-corrected chi connectivity index (χ1v) is 10.3. The molecule has 4 rings (SSSR count). The number of carbonyl (C=O) groups excluding carboxylic acids is 1. The van der Waals surface area contributed by atoms with Gasteiger partial charge in [0, 0.05) is 12.6 Å². The summed E-state index contributed by atoms with van der Waals surface area (Å²) in [6.45, 7) is 2.62. The molecule has 30 heavy (non-hydrogen) atoms. The third-order valence-electron chi connectivity index (χ3n) is 4.42. The van der Waals surface area contributed by atoms with Crippen LogP contribution < -0.4 is 19.5 Å². The van der Waals surface area contributed by atoms with Crippen LogP contribution in [0.3, 0.4) is 0 Å². The maximum atomic E-state index is 12.0. The Balaban J connectivity index is 1.61. The van der Waals surface area contributed by atoms with Gasteiger partial charge in [0.25, 0.3) is 11.1 Å². The second-order valence-electron chi connectivity index (χ2n) is 6.52. The molecule has 11 heteroatoms. The molecule has 0 aromatic carbocycles. The number of rotatable bonds is 9. The number of carbonyl (C=O) groups is 1. The number of pyridine rings is 1. The fraction of sp³-hybridized carbons (Fsp3) is 0.368. The van der Waals surface area contributed by atoms with Gasteiger partial charge in [-0.2, -0.15) is 5.10 Å². The Bertz CT molecular complexity index is 1150. The van der Waals surface area contributed by atoms with E-state index in [9.17, 15) is 4.79 Å². The van der Waals surface area contributed by atoms with Crippen molar-refractivity contribution in [2.24, 2.45) is 0 Å². The molecule has 4 aromatic heterocycles. The largest absolute Gasteiger partial charge is 0.495 e. The third kappa shape index (κ3) is 4.01. The minimum absolute atomic E-state index is 0.0863. The molecule has 4 aromatic rings. The number of nitrogens with one attached hydrogen (secondary N) is 1. The van der Waals surface area contributed by atoms with Crippen LogP contribution in [-0.2, 0) is 4.79 Å². The summed E-state index contributed by atoms with van der Waals surface area (Å²) < 4.78 is 19.6. The van der Waals surface area contributed by atoms with E-state index in [-0.39, 0.29) is 12.5 Å². The molecule has 10 nitrogen and oxygen atoms in total. The van der Waals surface area contributed by atoms with Crippen LogP contribution in [0, 0.1) is 0 Å². The van der Waals surface area contributed by atoms with Gasteiger partial charge in [-0.15, -0.1) is 5.10 Å². The molecule has 0 fully saturated rings. The van der Waals surface area contributed by atoms with Crippen LogP contribution in [0.4, 0.5) is 0 Å². The molecular weight excluding hydrogens is 408 g/mol. The van der Waals surface area contributed by atoms with Gasteiger partial charge in [0.15, 0.2) is 6.61 Å². The van der Waals surface area contributed by atoms with Gasteiger partial charge in [0.05, 0.1) is 26.6 Å². The van der Waals surface area contributed by atoms with E-state index in [4.69, 9.17) is 14.2 Å². The zero-order valence-electron chi connectivity index (χ0n) is 16.9. The Labute approximate surface area is 176 Å². The number of imidazole rings is 1. The van der Waals surface area contributed by atoms with Crippen LogP contribution in [0.25, 0.3) is 21.9 Å². The lowest BCUT2D eigenvalue weighted by molar-refractivity contribution is -0.123.